The van der Waals surface area contributed by atoms with Crippen molar-refractivity contribution in [3.8, 4) is 0 Å². The largest absolute Gasteiger partial charge is 0.475 e. The number of nitrogens with zero attached hydrogens (tertiary/aromatic N) is 1. The van der Waals surface area contributed by atoms with Gasteiger partial charge >= 0.3 is 0 Å². The zero-order chi connectivity index (χ0) is 10.3. The van der Waals surface area contributed by atoms with E-state index < -0.39 is 15.4 Å². The maximum atomic E-state index is 9.38. The van der Waals surface area contributed by atoms with Crippen molar-refractivity contribution in [1.82, 2.24) is 0 Å². The molecule has 0 unspecified atom stereocenters. The Labute approximate surface area is 91.6 Å². The average molecular weight is 247 g/mol. The molecule has 0 amide bonds. The second-order valence-corrected chi connectivity index (χ2v) is 5.52. The molecule has 13 heavy (non-hydrogen) atoms. The first kappa shape index (κ1) is 11.4. The van der Waals surface area contributed by atoms with Crippen LogP contribution in [0.25, 0.3) is 0 Å². The lowest BCUT2D eigenvalue weighted by atomic mass is 9.99. The first-order valence-corrected chi connectivity index (χ1v) is 4.87. The molecule has 0 saturated carbocycles. The quantitative estimate of drug-likeness (QED) is 0.718. The van der Waals surface area contributed by atoms with E-state index in [1.54, 1.807) is 13.8 Å². The predicted molar refractivity (Wildman–Crippen MR) is 53.8 cm³/mol. The fourth-order valence-corrected chi connectivity index (χ4v) is 1.16. The van der Waals surface area contributed by atoms with Gasteiger partial charge in [-0.05, 0) is 13.8 Å². The summed E-state index contributed by atoms with van der Waals surface area (Å²) in [7, 11) is 0. The second kappa shape index (κ2) is 3.46. The normalized spacial score (nSPS) is 31.1. The second-order valence-electron chi connectivity index (χ2n) is 3.24. The Bertz CT molecular complexity index is 236. The molecule has 0 aliphatic carbocycles. The molecular formula is C7H10Cl3NO2. The zero-order valence-corrected chi connectivity index (χ0v) is 9.49. The molecule has 0 aromatic carbocycles. The summed E-state index contributed by atoms with van der Waals surface area (Å²) in [5.74, 6) is 0.0425. The molecule has 0 radical (unpaired) electrons. The lowest BCUT2D eigenvalue weighted by Crippen LogP contribution is -2.36. The van der Waals surface area contributed by atoms with Crippen molar-refractivity contribution >= 4 is 40.7 Å². The van der Waals surface area contributed by atoms with Crippen LogP contribution in [0.2, 0.25) is 0 Å². The Kier molecular flexibility index (Phi) is 3.03. The molecular weight excluding hydrogens is 236 g/mol. The number of hydrogen-bond acceptors (Lipinski definition) is 3. The molecule has 0 saturated heterocycles. The van der Waals surface area contributed by atoms with E-state index in [0.29, 0.717) is 0 Å². The molecule has 1 rings (SSSR count). The van der Waals surface area contributed by atoms with E-state index in [0.717, 1.165) is 0 Å². The topological polar surface area (TPSA) is 41.8 Å². The van der Waals surface area contributed by atoms with Gasteiger partial charge in [-0.15, -0.1) is 0 Å². The minimum absolute atomic E-state index is 0.0425. The molecule has 6 heteroatoms. The van der Waals surface area contributed by atoms with Crippen LogP contribution in [0.5, 0.6) is 0 Å². The van der Waals surface area contributed by atoms with Crippen LogP contribution >= 0.6 is 34.8 Å². The number of ether oxygens (including phenoxy) is 1. The van der Waals surface area contributed by atoms with Crippen LogP contribution in [0, 0.1) is 0 Å². The molecule has 2 atom stereocenters. The summed E-state index contributed by atoms with van der Waals surface area (Å²) >= 11 is 16.7. The van der Waals surface area contributed by atoms with Gasteiger partial charge in [0.05, 0.1) is 6.10 Å². The van der Waals surface area contributed by atoms with E-state index in [2.05, 4.69) is 4.99 Å². The van der Waals surface area contributed by atoms with Crippen molar-refractivity contribution in [2.45, 2.75) is 29.3 Å². The molecule has 0 bridgehead atoms. The average Bonchev–Trinajstić information content (AvgIpc) is 2.31. The Morgan fingerprint density at radius 3 is 2.38 bits per heavy atom. The van der Waals surface area contributed by atoms with Gasteiger partial charge in [-0.25, -0.2) is 4.99 Å². The Morgan fingerprint density at radius 1 is 1.62 bits per heavy atom. The van der Waals surface area contributed by atoms with Gasteiger partial charge in [0, 0.05) is 0 Å². The minimum Gasteiger partial charge on any atom is -0.475 e. The predicted octanol–water partition coefficient (Wildman–Crippen LogP) is 1.92. The molecule has 0 spiro atoms. The van der Waals surface area contributed by atoms with Crippen molar-refractivity contribution in [3.63, 3.8) is 0 Å². The summed E-state index contributed by atoms with van der Waals surface area (Å²) < 4.78 is 3.44. The van der Waals surface area contributed by atoms with E-state index in [1.807, 2.05) is 0 Å². The lowest BCUT2D eigenvalue weighted by molar-refractivity contribution is 0.0914. The molecule has 0 aromatic rings. The van der Waals surface area contributed by atoms with Crippen molar-refractivity contribution in [2.24, 2.45) is 4.99 Å². The molecule has 1 aliphatic rings. The minimum atomic E-state index is -1.65. The molecule has 3 nitrogen and oxygen atoms in total. The number of alkyl halides is 3. The number of halogens is 3. The third-order valence-corrected chi connectivity index (χ3v) is 2.49. The van der Waals surface area contributed by atoms with E-state index in [4.69, 9.17) is 39.5 Å². The van der Waals surface area contributed by atoms with Gasteiger partial charge in [-0.2, -0.15) is 0 Å². The van der Waals surface area contributed by atoms with E-state index >= 15 is 0 Å². The highest BCUT2D eigenvalue weighted by molar-refractivity contribution is 6.76. The maximum Gasteiger partial charge on any atom is 0.266 e. The third kappa shape index (κ3) is 2.40. The van der Waals surface area contributed by atoms with E-state index in [9.17, 15) is 5.11 Å². The van der Waals surface area contributed by atoms with Gasteiger partial charge in [0.2, 0.25) is 5.90 Å². The molecule has 0 aromatic heterocycles. The summed E-state index contributed by atoms with van der Waals surface area (Å²) in [6, 6.07) is 0. The van der Waals surface area contributed by atoms with E-state index in [1.165, 1.54) is 0 Å². The van der Waals surface area contributed by atoms with E-state index in [-0.39, 0.29) is 12.5 Å². The molecule has 0 fully saturated rings. The summed E-state index contributed by atoms with van der Waals surface area (Å²) in [4.78, 5) is 4.04. The van der Waals surface area contributed by atoms with Crippen molar-refractivity contribution in [3.05, 3.63) is 0 Å². The highest BCUT2D eigenvalue weighted by Gasteiger charge is 2.43. The summed E-state index contributed by atoms with van der Waals surface area (Å²) in [5, 5.41) is 9.38. The molecule has 1 aliphatic heterocycles. The Morgan fingerprint density at radius 2 is 2.15 bits per heavy atom. The molecule has 76 valence electrons. The highest BCUT2D eigenvalue weighted by atomic mass is 35.6. The SMILES string of the molecule is C[C@H](O)[C@@]1(C)COC(C(Cl)(Cl)Cl)=N1. The van der Waals surface area contributed by atoms with Gasteiger partial charge in [0.15, 0.2) is 0 Å². The number of aliphatic hydroxyl groups excluding tert-OH is 1. The summed E-state index contributed by atoms with van der Waals surface area (Å²) in [5.41, 5.74) is -0.709. The lowest BCUT2D eigenvalue weighted by Gasteiger charge is -2.21. The smallest absolute Gasteiger partial charge is 0.266 e. The summed E-state index contributed by atoms with van der Waals surface area (Å²) in [6.07, 6.45) is -0.641. The maximum absolute atomic E-state index is 9.38. The number of rotatable bonds is 1. The van der Waals surface area contributed by atoms with Gasteiger partial charge in [-0.3, -0.25) is 0 Å². The van der Waals surface area contributed by atoms with Crippen LogP contribution in [-0.4, -0.2) is 33.0 Å². The number of hydrogen-bond donors (Lipinski definition) is 1. The molecule has 1 N–H and O–H groups in total. The molecule has 1 heterocycles. The summed E-state index contributed by atoms with van der Waals surface area (Å²) in [6.45, 7) is 3.59. The van der Waals surface area contributed by atoms with Crippen LogP contribution in [0.1, 0.15) is 13.8 Å². The highest BCUT2D eigenvalue weighted by Crippen LogP contribution is 2.34. The first-order chi connectivity index (χ1) is 5.76. The van der Waals surface area contributed by atoms with Crippen molar-refractivity contribution in [1.29, 1.82) is 0 Å². The third-order valence-electron chi connectivity index (χ3n) is 2.00. The fourth-order valence-electron chi connectivity index (χ4n) is 0.870. The van der Waals surface area contributed by atoms with Crippen LogP contribution in [0.3, 0.4) is 0 Å². The number of aliphatic hydroxyl groups is 1. The fraction of sp³-hybridized carbons (Fsp3) is 0.857. The van der Waals surface area contributed by atoms with Crippen LogP contribution < -0.4 is 0 Å². The van der Waals surface area contributed by atoms with Crippen LogP contribution in [0.4, 0.5) is 0 Å². The van der Waals surface area contributed by atoms with Gasteiger partial charge in [0.1, 0.15) is 12.1 Å². The van der Waals surface area contributed by atoms with Crippen molar-refractivity contribution in [2.75, 3.05) is 6.61 Å². The zero-order valence-electron chi connectivity index (χ0n) is 7.22. The van der Waals surface area contributed by atoms with Gasteiger partial charge in [0.25, 0.3) is 3.79 Å². The first-order valence-electron chi connectivity index (χ1n) is 3.73. The standard InChI is InChI=1S/C7H10Cl3NO2/c1-4(12)6(2)3-13-5(11-6)7(8,9)10/h4,12H,3H2,1-2H3/t4-,6+/m0/s1. The Balaban J connectivity index is 2.85. The monoisotopic (exact) mass is 245 g/mol. The van der Waals surface area contributed by atoms with Gasteiger partial charge in [-0.1, -0.05) is 34.8 Å². The Hall–Kier alpha value is 0.300. The van der Waals surface area contributed by atoms with Crippen LogP contribution in [-0.2, 0) is 4.74 Å². The van der Waals surface area contributed by atoms with Gasteiger partial charge < -0.3 is 9.84 Å². The number of aliphatic imine (C=N–C) groups is 1. The van der Waals surface area contributed by atoms with Crippen molar-refractivity contribution < 1.29 is 9.84 Å². The van der Waals surface area contributed by atoms with Crippen LogP contribution in [0.15, 0.2) is 4.99 Å².